The third-order valence-corrected chi connectivity index (χ3v) is 4.99. The Hall–Kier alpha value is -0.620. The van der Waals surface area contributed by atoms with Crippen LogP contribution in [0, 0.1) is 5.92 Å². The number of likely N-dealkylation sites (tertiary alicyclic amines) is 1. The van der Waals surface area contributed by atoms with Crippen molar-refractivity contribution in [2.24, 2.45) is 11.7 Å². The van der Waals surface area contributed by atoms with Crippen LogP contribution in [-0.2, 0) is 16.4 Å². The van der Waals surface area contributed by atoms with Crippen molar-refractivity contribution >= 4 is 22.2 Å². The molecule has 6 heteroatoms. The molecule has 2 unspecified atom stereocenters. The topological polar surface area (TPSA) is 63.4 Å². The monoisotopic (exact) mass is 318 g/mol. The first-order valence-electron chi connectivity index (χ1n) is 6.63. The minimum absolute atomic E-state index is 0. The summed E-state index contributed by atoms with van der Waals surface area (Å²) in [5.41, 5.74) is 6.88. The first-order chi connectivity index (χ1) is 8.90. The van der Waals surface area contributed by atoms with Crippen molar-refractivity contribution in [2.75, 3.05) is 19.3 Å². The van der Waals surface area contributed by atoms with Crippen LogP contribution < -0.4 is 5.73 Å². The first kappa shape index (κ1) is 17.4. The molecular weight excluding hydrogens is 296 g/mol. The minimum Gasteiger partial charge on any atom is -0.330 e. The van der Waals surface area contributed by atoms with Gasteiger partial charge in [-0.05, 0) is 43.5 Å². The number of nitrogens with two attached hydrogens (primary N) is 1. The molecule has 0 bridgehead atoms. The summed E-state index contributed by atoms with van der Waals surface area (Å²) in [6.45, 7) is 4.86. The van der Waals surface area contributed by atoms with E-state index in [0.29, 0.717) is 16.9 Å². The van der Waals surface area contributed by atoms with Crippen LogP contribution >= 0.6 is 12.4 Å². The summed E-state index contributed by atoms with van der Waals surface area (Å²) in [5.74, 6) is 0.588. The molecule has 0 saturated carbocycles. The van der Waals surface area contributed by atoms with Crippen LogP contribution in [0.25, 0.3) is 0 Å². The van der Waals surface area contributed by atoms with Crippen LogP contribution in [0.5, 0.6) is 0 Å². The van der Waals surface area contributed by atoms with E-state index in [1.165, 1.54) is 6.26 Å². The minimum atomic E-state index is -3.10. The smallest absolute Gasteiger partial charge is 0.175 e. The molecule has 1 aliphatic rings. The zero-order chi connectivity index (χ0) is 14.0. The maximum Gasteiger partial charge on any atom is 0.175 e. The van der Waals surface area contributed by atoms with Crippen LogP contribution in [0.2, 0.25) is 0 Å². The van der Waals surface area contributed by atoms with Crippen LogP contribution in [0.3, 0.4) is 0 Å². The van der Waals surface area contributed by atoms with E-state index < -0.39 is 9.84 Å². The quantitative estimate of drug-likeness (QED) is 0.917. The summed E-state index contributed by atoms with van der Waals surface area (Å²) in [5, 5.41) is 0. The second kappa shape index (κ2) is 6.89. The standard InChI is InChI=1S/C14H22N2O2S.ClH/c1-11-7-13(8-15)10-16(11)9-12-3-5-14(6-4-12)19(2,17)18;/h3-6,11,13H,7-10,15H2,1-2H3;1H. The summed E-state index contributed by atoms with van der Waals surface area (Å²) in [7, 11) is -3.10. The Kier molecular flexibility index (Phi) is 6.01. The highest BCUT2D eigenvalue weighted by molar-refractivity contribution is 7.90. The molecule has 1 saturated heterocycles. The van der Waals surface area contributed by atoms with Gasteiger partial charge in [-0.3, -0.25) is 4.90 Å². The number of hydrogen-bond acceptors (Lipinski definition) is 4. The average Bonchev–Trinajstić information content (AvgIpc) is 2.70. The van der Waals surface area contributed by atoms with Gasteiger partial charge in [0.05, 0.1) is 4.90 Å². The Balaban J connectivity index is 0.00000200. The van der Waals surface area contributed by atoms with Crippen molar-refractivity contribution in [1.29, 1.82) is 0 Å². The third-order valence-electron chi connectivity index (χ3n) is 3.86. The van der Waals surface area contributed by atoms with Gasteiger partial charge in [-0.1, -0.05) is 12.1 Å². The molecule has 114 valence electrons. The third kappa shape index (κ3) is 4.19. The fourth-order valence-electron chi connectivity index (χ4n) is 2.69. The lowest BCUT2D eigenvalue weighted by atomic mass is 10.1. The maximum absolute atomic E-state index is 11.4. The number of hydrogen-bond donors (Lipinski definition) is 1. The van der Waals surface area contributed by atoms with Crippen LogP contribution in [0.15, 0.2) is 29.2 Å². The van der Waals surface area contributed by atoms with Gasteiger partial charge in [-0.25, -0.2) is 8.42 Å². The van der Waals surface area contributed by atoms with Gasteiger partial charge in [-0.15, -0.1) is 12.4 Å². The number of benzene rings is 1. The van der Waals surface area contributed by atoms with Crippen LogP contribution in [0.1, 0.15) is 18.9 Å². The van der Waals surface area contributed by atoms with E-state index in [1.54, 1.807) is 12.1 Å². The molecule has 0 aliphatic carbocycles. The Morgan fingerprint density at radius 2 is 1.90 bits per heavy atom. The highest BCUT2D eigenvalue weighted by Crippen LogP contribution is 2.24. The van der Waals surface area contributed by atoms with Crippen molar-refractivity contribution in [3.05, 3.63) is 29.8 Å². The van der Waals surface area contributed by atoms with Gasteiger partial charge in [0.15, 0.2) is 9.84 Å². The molecule has 0 aromatic heterocycles. The molecule has 1 aliphatic heterocycles. The highest BCUT2D eigenvalue weighted by Gasteiger charge is 2.27. The Bertz CT molecular complexity index is 531. The van der Waals surface area contributed by atoms with Crippen LogP contribution in [0.4, 0.5) is 0 Å². The SMILES string of the molecule is CC1CC(CN)CN1Cc1ccc(S(C)(=O)=O)cc1.Cl. The van der Waals surface area contributed by atoms with E-state index >= 15 is 0 Å². The zero-order valence-electron chi connectivity index (χ0n) is 12.0. The van der Waals surface area contributed by atoms with Crippen molar-refractivity contribution in [3.63, 3.8) is 0 Å². The molecule has 1 aromatic rings. The van der Waals surface area contributed by atoms with Gasteiger partial charge in [0.1, 0.15) is 0 Å². The molecule has 0 radical (unpaired) electrons. The lowest BCUT2D eigenvalue weighted by Crippen LogP contribution is -2.27. The van der Waals surface area contributed by atoms with Gasteiger partial charge in [-0.2, -0.15) is 0 Å². The summed E-state index contributed by atoms with van der Waals surface area (Å²) in [4.78, 5) is 2.79. The molecule has 1 heterocycles. The normalized spacial score (nSPS) is 23.6. The highest BCUT2D eigenvalue weighted by atomic mass is 35.5. The van der Waals surface area contributed by atoms with E-state index in [2.05, 4.69) is 11.8 Å². The molecule has 0 spiro atoms. The molecule has 4 nitrogen and oxygen atoms in total. The lowest BCUT2D eigenvalue weighted by molar-refractivity contribution is 0.256. The van der Waals surface area contributed by atoms with E-state index in [4.69, 9.17) is 5.73 Å². The molecule has 2 atom stereocenters. The van der Waals surface area contributed by atoms with Crippen molar-refractivity contribution in [1.82, 2.24) is 4.90 Å². The fourth-order valence-corrected chi connectivity index (χ4v) is 3.32. The molecular formula is C14H23ClN2O2S. The van der Waals surface area contributed by atoms with Crippen molar-refractivity contribution in [3.8, 4) is 0 Å². The van der Waals surface area contributed by atoms with Gasteiger partial charge < -0.3 is 5.73 Å². The lowest BCUT2D eigenvalue weighted by Gasteiger charge is -2.21. The van der Waals surface area contributed by atoms with Crippen molar-refractivity contribution in [2.45, 2.75) is 30.8 Å². The second-order valence-corrected chi connectivity index (χ2v) is 7.55. The number of nitrogens with zero attached hydrogens (tertiary/aromatic N) is 1. The van der Waals surface area contributed by atoms with Gasteiger partial charge in [0.2, 0.25) is 0 Å². The molecule has 2 rings (SSSR count). The number of sulfone groups is 1. The summed E-state index contributed by atoms with van der Waals surface area (Å²) >= 11 is 0. The zero-order valence-corrected chi connectivity index (χ0v) is 13.6. The number of rotatable bonds is 4. The predicted octanol–water partition coefficient (Wildman–Crippen LogP) is 1.68. The van der Waals surface area contributed by atoms with E-state index in [-0.39, 0.29) is 12.4 Å². The Morgan fingerprint density at radius 1 is 1.30 bits per heavy atom. The fraction of sp³-hybridized carbons (Fsp3) is 0.571. The largest absolute Gasteiger partial charge is 0.330 e. The molecule has 2 N–H and O–H groups in total. The number of halogens is 1. The molecule has 1 aromatic carbocycles. The molecule has 1 fully saturated rings. The Labute approximate surface area is 127 Å². The second-order valence-electron chi connectivity index (χ2n) is 5.53. The van der Waals surface area contributed by atoms with E-state index in [9.17, 15) is 8.42 Å². The molecule has 0 amide bonds. The van der Waals surface area contributed by atoms with E-state index in [1.807, 2.05) is 12.1 Å². The average molecular weight is 319 g/mol. The van der Waals surface area contributed by atoms with Gasteiger partial charge in [0.25, 0.3) is 0 Å². The van der Waals surface area contributed by atoms with E-state index in [0.717, 1.165) is 31.6 Å². The molecule has 20 heavy (non-hydrogen) atoms. The first-order valence-corrected chi connectivity index (χ1v) is 8.52. The summed E-state index contributed by atoms with van der Waals surface area (Å²) < 4.78 is 22.8. The predicted molar refractivity (Wildman–Crippen MR) is 83.8 cm³/mol. The summed E-state index contributed by atoms with van der Waals surface area (Å²) in [6.07, 6.45) is 2.38. The van der Waals surface area contributed by atoms with Crippen molar-refractivity contribution < 1.29 is 8.42 Å². The van der Waals surface area contributed by atoms with Crippen LogP contribution in [-0.4, -0.2) is 38.7 Å². The summed E-state index contributed by atoms with van der Waals surface area (Å²) in [6, 6.07) is 7.72. The maximum atomic E-state index is 11.4. The van der Waals surface area contributed by atoms with Gasteiger partial charge in [0, 0.05) is 25.4 Å². The van der Waals surface area contributed by atoms with Gasteiger partial charge >= 0.3 is 0 Å². The Morgan fingerprint density at radius 3 is 2.35 bits per heavy atom.